The number of likely N-dealkylation sites (N-methyl/N-ethyl adjacent to an activating group) is 1. The van der Waals surface area contributed by atoms with E-state index in [-0.39, 0.29) is 17.6 Å². The molecule has 0 saturated carbocycles. The van der Waals surface area contributed by atoms with E-state index in [1.807, 2.05) is 31.2 Å². The third kappa shape index (κ3) is 3.95. The van der Waals surface area contributed by atoms with Gasteiger partial charge in [0.15, 0.2) is 11.6 Å². The number of para-hydroxylation sites is 2. The first-order valence-electron chi connectivity index (χ1n) is 7.00. The van der Waals surface area contributed by atoms with Crippen LogP contribution in [-0.4, -0.2) is 20.3 Å². The molecule has 0 radical (unpaired) electrons. The molecule has 2 aromatic rings. The largest absolute Gasteiger partial charge is 0.496 e. The Balaban J connectivity index is 2.14. The lowest BCUT2D eigenvalue weighted by molar-refractivity contribution is 0.253. The third-order valence-electron chi connectivity index (χ3n) is 3.21. The lowest BCUT2D eigenvalue weighted by Gasteiger charge is -2.21. The summed E-state index contributed by atoms with van der Waals surface area (Å²) in [6, 6.07) is 14.1. The Morgan fingerprint density at radius 3 is 2.38 bits per heavy atom. The van der Waals surface area contributed by atoms with Crippen LogP contribution in [-0.2, 0) is 0 Å². The van der Waals surface area contributed by atoms with Crippen LogP contribution in [0.5, 0.6) is 11.5 Å². The monoisotopic (exact) mass is 289 g/mol. The predicted octanol–water partition coefficient (Wildman–Crippen LogP) is 3.56. The summed E-state index contributed by atoms with van der Waals surface area (Å²) in [5, 5.41) is 3.34. The molecule has 21 heavy (non-hydrogen) atoms. The molecule has 0 saturated heterocycles. The summed E-state index contributed by atoms with van der Waals surface area (Å²) >= 11 is 0. The highest BCUT2D eigenvalue weighted by Crippen LogP contribution is 2.26. The summed E-state index contributed by atoms with van der Waals surface area (Å²) in [6.07, 6.45) is 0. The van der Waals surface area contributed by atoms with Crippen molar-refractivity contribution in [2.45, 2.75) is 13.0 Å². The highest BCUT2D eigenvalue weighted by Gasteiger charge is 2.16. The number of hydrogen-bond acceptors (Lipinski definition) is 3. The van der Waals surface area contributed by atoms with Gasteiger partial charge in [0, 0.05) is 5.56 Å². The summed E-state index contributed by atoms with van der Waals surface area (Å²) in [5.74, 6) is 0.698. The molecule has 0 bridgehead atoms. The van der Waals surface area contributed by atoms with E-state index in [2.05, 4.69) is 5.32 Å². The number of ether oxygens (including phenoxy) is 2. The van der Waals surface area contributed by atoms with Gasteiger partial charge in [-0.3, -0.25) is 0 Å². The minimum atomic E-state index is -0.354. The van der Waals surface area contributed by atoms with Crippen LogP contribution in [0.4, 0.5) is 4.39 Å². The van der Waals surface area contributed by atoms with Crippen LogP contribution >= 0.6 is 0 Å². The van der Waals surface area contributed by atoms with E-state index in [9.17, 15) is 4.39 Å². The van der Waals surface area contributed by atoms with E-state index in [4.69, 9.17) is 9.47 Å². The van der Waals surface area contributed by atoms with Gasteiger partial charge in [-0.05, 0) is 24.7 Å². The van der Waals surface area contributed by atoms with Gasteiger partial charge in [0.05, 0.1) is 13.2 Å². The van der Waals surface area contributed by atoms with Crippen LogP contribution in [0.3, 0.4) is 0 Å². The average Bonchev–Trinajstić information content (AvgIpc) is 2.53. The van der Waals surface area contributed by atoms with E-state index in [1.54, 1.807) is 25.3 Å². The van der Waals surface area contributed by atoms with Crippen LogP contribution in [0.25, 0.3) is 0 Å². The average molecular weight is 289 g/mol. The number of hydrogen-bond donors (Lipinski definition) is 1. The Morgan fingerprint density at radius 2 is 1.71 bits per heavy atom. The second-order valence-corrected chi connectivity index (χ2v) is 4.59. The van der Waals surface area contributed by atoms with Crippen LogP contribution in [0, 0.1) is 5.82 Å². The van der Waals surface area contributed by atoms with Gasteiger partial charge in [-0.2, -0.15) is 0 Å². The van der Waals surface area contributed by atoms with Crippen molar-refractivity contribution in [2.24, 2.45) is 0 Å². The molecular formula is C17H20FNO2. The maximum absolute atomic E-state index is 13.6. The van der Waals surface area contributed by atoms with Gasteiger partial charge in [0.1, 0.15) is 12.4 Å². The molecule has 3 nitrogen and oxygen atoms in total. The fourth-order valence-corrected chi connectivity index (χ4v) is 2.19. The number of nitrogens with one attached hydrogen (secondary N) is 1. The molecule has 0 aliphatic heterocycles. The first kappa shape index (κ1) is 15.3. The first-order valence-corrected chi connectivity index (χ1v) is 7.00. The zero-order valence-corrected chi connectivity index (χ0v) is 12.3. The van der Waals surface area contributed by atoms with Crippen molar-refractivity contribution in [3.05, 3.63) is 59.9 Å². The highest BCUT2D eigenvalue weighted by atomic mass is 19.1. The Hall–Kier alpha value is -2.07. The van der Waals surface area contributed by atoms with Gasteiger partial charge in [-0.15, -0.1) is 0 Å². The summed E-state index contributed by atoms with van der Waals surface area (Å²) < 4.78 is 24.6. The molecule has 0 heterocycles. The van der Waals surface area contributed by atoms with Crippen molar-refractivity contribution < 1.29 is 13.9 Å². The molecule has 0 aliphatic carbocycles. The summed E-state index contributed by atoms with van der Waals surface area (Å²) in [7, 11) is 1.64. The fraction of sp³-hybridized carbons (Fsp3) is 0.294. The third-order valence-corrected chi connectivity index (χ3v) is 3.21. The molecule has 0 spiro atoms. The SMILES string of the molecule is CCNC(COc1ccccc1F)c1ccccc1OC. The molecule has 0 aromatic heterocycles. The lowest BCUT2D eigenvalue weighted by atomic mass is 10.1. The molecule has 1 N–H and O–H groups in total. The summed E-state index contributed by atoms with van der Waals surface area (Å²) in [5.41, 5.74) is 0.998. The van der Waals surface area contributed by atoms with Crippen molar-refractivity contribution >= 4 is 0 Å². The van der Waals surface area contributed by atoms with Gasteiger partial charge < -0.3 is 14.8 Å². The maximum Gasteiger partial charge on any atom is 0.165 e. The normalized spacial score (nSPS) is 12.0. The molecule has 1 unspecified atom stereocenters. The van der Waals surface area contributed by atoms with Crippen molar-refractivity contribution in [3.8, 4) is 11.5 Å². The van der Waals surface area contributed by atoms with Gasteiger partial charge in [0.2, 0.25) is 0 Å². The molecule has 112 valence electrons. The van der Waals surface area contributed by atoms with Crippen molar-refractivity contribution in [1.29, 1.82) is 0 Å². The van der Waals surface area contributed by atoms with Crippen molar-refractivity contribution in [3.63, 3.8) is 0 Å². The smallest absolute Gasteiger partial charge is 0.165 e. The minimum absolute atomic E-state index is 0.0641. The summed E-state index contributed by atoms with van der Waals surface area (Å²) in [4.78, 5) is 0. The molecule has 1 atom stereocenters. The second-order valence-electron chi connectivity index (χ2n) is 4.59. The van der Waals surface area contributed by atoms with E-state index in [0.29, 0.717) is 6.61 Å². The lowest BCUT2D eigenvalue weighted by Crippen LogP contribution is -2.27. The van der Waals surface area contributed by atoms with E-state index < -0.39 is 0 Å². The van der Waals surface area contributed by atoms with Gasteiger partial charge in [-0.25, -0.2) is 4.39 Å². The fourth-order valence-electron chi connectivity index (χ4n) is 2.19. The highest BCUT2D eigenvalue weighted by molar-refractivity contribution is 5.36. The van der Waals surface area contributed by atoms with Gasteiger partial charge in [0.25, 0.3) is 0 Å². The molecule has 4 heteroatoms. The van der Waals surface area contributed by atoms with Crippen LogP contribution in [0.15, 0.2) is 48.5 Å². The predicted molar refractivity (Wildman–Crippen MR) is 81.3 cm³/mol. The number of methoxy groups -OCH3 is 1. The Kier molecular flexibility index (Phi) is 5.58. The van der Waals surface area contributed by atoms with Crippen LogP contribution in [0.2, 0.25) is 0 Å². The number of halogens is 1. The van der Waals surface area contributed by atoms with Crippen LogP contribution < -0.4 is 14.8 Å². The Labute approximate surface area is 124 Å². The minimum Gasteiger partial charge on any atom is -0.496 e. The molecule has 0 aliphatic rings. The van der Waals surface area contributed by atoms with E-state index in [1.165, 1.54) is 6.07 Å². The quantitative estimate of drug-likeness (QED) is 0.845. The van der Waals surface area contributed by atoms with Crippen molar-refractivity contribution in [1.82, 2.24) is 5.32 Å². The van der Waals surface area contributed by atoms with E-state index >= 15 is 0 Å². The zero-order valence-electron chi connectivity index (χ0n) is 12.3. The number of benzene rings is 2. The molecular weight excluding hydrogens is 269 g/mol. The topological polar surface area (TPSA) is 30.5 Å². The maximum atomic E-state index is 13.6. The molecule has 2 aromatic carbocycles. The first-order chi connectivity index (χ1) is 10.3. The van der Waals surface area contributed by atoms with Crippen molar-refractivity contribution in [2.75, 3.05) is 20.3 Å². The standard InChI is InChI=1S/C17H20FNO2/c1-3-19-15(13-8-4-6-10-16(13)20-2)12-21-17-11-7-5-9-14(17)18/h4-11,15,19H,3,12H2,1-2H3. The molecule has 0 fully saturated rings. The van der Waals surface area contributed by atoms with Crippen LogP contribution in [0.1, 0.15) is 18.5 Å². The second kappa shape index (κ2) is 7.64. The Morgan fingerprint density at radius 1 is 1.05 bits per heavy atom. The molecule has 2 rings (SSSR count). The molecule has 0 amide bonds. The summed E-state index contributed by atoms with van der Waals surface area (Å²) in [6.45, 7) is 3.13. The van der Waals surface area contributed by atoms with Gasteiger partial charge >= 0.3 is 0 Å². The number of rotatable bonds is 7. The van der Waals surface area contributed by atoms with Gasteiger partial charge in [-0.1, -0.05) is 37.3 Å². The Bertz CT molecular complexity index is 574. The van der Waals surface area contributed by atoms with E-state index in [0.717, 1.165) is 17.9 Å². The zero-order chi connectivity index (χ0) is 15.1.